The molecule has 1 aromatic carbocycles. The second kappa shape index (κ2) is 7.78. The van der Waals surface area contributed by atoms with Gasteiger partial charge in [0.2, 0.25) is 5.91 Å². The lowest BCUT2D eigenvalue weighted by Gasteiger charge is -2.21. The van der Waals surface area contributed by atoms with Crippen LogP contribution in [-0.2, 0) is 4.79 Å². The normalized spacial score (nSPS) is 12.1. The van der Waals surface area contributed by atoms with Gasteiger partial charge >= 0.3 is 0 Å². The van der Waals surface area contributed by atoms with Crippen LogP contribution in [-0.4, -0.2) is 32.6 Å². The molecule has 20 heavy (non-hydrogen) atoms. The number of hydrogen-bond acceptors (Lipinski definition) is 3. The highest BCUT2D eigenvalue weighted by Gasteiger charge is 2.14. The summed E-state index contributed by atoms with van der Waals surface area (Å²) in [7, 11) is 3.99. The summed E-state index contributed by atoms with van der Waals surface area (Å²) in [4.78, 5) is 14.1. The molecule has 0 bridgehead atoms. The number of hydrogen-bond donors (Lipinski definition) is 2. The Morgan fingerprint density at radius 2 is 1.85 bits per heavy atom. The summed E-state index contributed by atoms with van der Waals surface area (Å²) in [6, 6.07) is 7.74. The lowest BCUT2D eigenvalue weighted by molar-refractivity contribution is -0.121. The summed E-state index contributed by atoms with van der Waals surface area (Å²) < 4.78 is 0. The van der Waals surface area contributed by atoms with E-state index in [4.69, 9.17) is 0 Å². The Kier molecular flexibility index (Phi) is 6.36. The molecule has 1 rings (SSSR count). The third-order valence-electron chi connectivity index (χ3n) is 3.17. The first-order valence-corrected chi connectivity index (χ1v) is 7.22. The third kappa shape index (κ3) is 5.11. The molecule has 0 saturated heterocycles. The predicted molar refractivity (Wildman–Crippen MR) is 86.3 cm³/mol. The number of rotatable bonds is 7. The monoisotopic (exact) mass is 277 g/mol. The van der Waals surface area contributed by atoms with Gasteiger partial charge in [-0.2, -0.15) is 0 Å². The average molecular weight is 277 g/mol. The highest BCUT2D eigenvalue weighted by Crippen LogP contribution is 2.24. The van der Waals surface area contributed by atoms with Crippen LogP contribution < -0.4 is 15.5 Å². The van der Waals surface area contributed by atoms with Gasteiger partial charge in [-0.15, -0.1) is 0 Å². The highest BCUT2D eigenvalue weighted by molar-refractivity contribution is 5.85. The Balaban J connectivity index is 2.57. The van der Waals surface area contributed by atoms with Gasteiger partial charge in [-0.1, -0.05) is 26.0 Å². The maximum atomic E-state index is 12.0. The summed E-state index contributed by atoms with van der Waals surface area (Å²) in [5.41, 5.74) is 2.05. The molecule has 1 unspecified atom stereocenters. The largest absolute Gasteiger partial charge is 0.376 e. The summed E-state index contributed by atoms with van der Waals surface area (Å²) in [5, 5.41) is 6.24. The molecule has 1 amide bonds. The van der Waals surface area contributed by atoms with E-state index >= 15 is 0 Å². The van der Waals surface area contributed by atoms with Gasteiger partial charge in [-0.3, -0.25) is 4.79 Å². The third-order valence-corrected chi connectivity index (χ3v) is 3.17. The summed E-state index contributed by atoms with van der Waals surface area (Å²) >= 11 is 0. The lowest BCUT2D eigenvalue weighted by Crippen LogP contribution is -2.38. The van der Waals surface area contributed by atoms with E-state index in [9.17, 15) is 4.79 Å². The zero-order chi connectivity index (χ0) is 15.1. The average Bonchev–Trinajstić information content (AvgIpc) is 2.38. The maximum Gasteiger partial charge on any atom is 0.242 e. The van der Waals surface area contributed by atoms with Crippen molar-refractivity contribution in [2.24, 2.45) is 5.92 Å². The summed E-state index contributed by atoms with van der Waals surface area (Å²) in [6.45, 7) is 6.93. The Labute approximate surface area is 122 Å². The molecule has 0 aliphatic heterocycles. The van der Waals surface area contributed by atoms with Crippen LogP contribution in [0.3, 0.4) is 0 Å². The molecule has 2 N–H and O–H groups in total. The first kappa shape index (κ1) is 16.3. The van der Waals surface area contributed by atoms with Gasteiger partial charge in [0.15, 0.2) is 0 Å². The molecule has 0 radical (unpaired) electrons. The molecule has 0 fully saturated rings. The minimum Gasteiger partial charge on any atom is -0.376 e. The summed E-state index contributed by atoms with van der Waals surface area (Å²) in [6.07, 6.45) is 1.01. The number of benzene rings is 1. The van der Waals surface area contributed by atoms with Crippen molar-refractivity contribution in [3.05, 3.63) is 24.3 Å². The molecule has 1 atom stereocenters. The molecule has 0 heterocycles. The number of amides is 1. The fraction of sp³-hybridized carbons (Fsp3) is 0.562. The van der Waals surface area contributed by atoms with Crippen molar-refractivity contribution < 1.29 is 4.79 Å². The van der Waals surface area contributed by atoms with Crippen LogP contribution in [0.2, 0.25) is 0 Å². The molecule has 1 aromatic rings. The standard InChI is InChI=1S/C16H27N3O/c1-12(2)10-11-17-16(20)13(3)18-14-8-6-7-9-15(14)19(4)5/h6-9,12-13,18H,10-11H2,1-5H3,(H,17,20). The number of carbonyl (C=O) groups is 1. The van der Waals surface area contributed by atoms with Crippen LogP contribution in [0.25, 0.3) is 0 Å². The zero-order valence-corrected chi connectivity index (χ0v) is 13.2. The van der Waals surface area contributed by atoms with Crippen molar-refractivity contribution in [2.75, 3.05) is 30.9 Å². The van der Waals surface area contributed by atoms with Crippen LogP contribution in [0.1, 0.15) is 27.2 Å². The van der Waals surface area contributed by atoms with Crippen LogP contribution >= 0.6 is 0 Å². The van der Waals surface area contributed by atoms with Crippen molar-refractivity contribution in [2.45, 2.75) is 33.2 Å². The first-order valence-electron chi connectivity index (χ1n) is 7.22. The lowest BCUT2D eigenvalue weighted by atomic mass is 10.1. The van der Waals surface area contributed by atoms with Crippen LogP contribution in [0.5, 0.6) is 0 Å². The van der Waals surface area contributed by atoms with Gasteiger partial charge in [-0.05, 0) is 31.4 Å². The number of nitrogens with one attached hydrogen (secondary N) is 2. The van der Waals surface area contributed by atoms with E-state index in [-0.39, 0.29) is 11.9 Å². The Morgan fingerprint density at radius 3 is 2.45 bits per heavy atom. The van der Waals surface area contributed by atoms with Crippen molar-refractivity contribution in [1.29, 1.82) is 0 Å². The molecule has 0 aliphatic rings. The van der Waals surface area contributed by atoms with Gasteiger partial charge < -0.3 is 15.5 Å². The smallest absolute Gasteiger partial charge is 0.242 e. The summed E-state index contributed by atoms with van der Waals surface area (Å²) in [5.74, 6) is 0.646. The van der Waals surface area contributed by atoms with E-state index in [2.05, 4.69) is 24.5 Å². The highest BCUT2D eigenvalue weighted by atomic mass is 16.2. The van der Waals surface area contributed by atoms with Gasteiger partial charge in [0, 0.05) is 20.6 Å². The van der Waals surface area contributed by atoms with E-state index in [0.29, 0.717) is 5.92 Å². The van der Waals surface area contributed by atoms with E-state index in [1.165, 1.54) is 0 Å². The molecule has 0 aliphatic carbocycles. The van der Waals surface area contributed by atoms with E-state index < -0.39 is 0 Å². The van der Waals surface area contributed by atoms with Crippen LogP contribution in [0.4, 0.5) is 11.4 Å². The Bertz CT molecular complexity index is 429. The molecule has 0 aromatic heterocycles. The van der Waals surface area contributed by atoms with Crippen LogP contribution in [0, 0.1) is 5.92 Å². The van der Waals surface area contributed by atoms with Crippen LogP contribution in [0.15, 0.2) is 24.3 Å². The van der Waals surface area contributed by atoms with Gasteiger partial charge in [0.25, 0.3) is 0 Å². The van der Waals surface area contributed by atoms with Gasteiger partial charge in [0.1, 0.15) is 6.04 Å². The van der Waals surface area contributed by atoms with Crippen molar-refractivity contribution in [3.8, 4) is 0 Å². The predicted octanol–water partition coefficient (Wildman–Crippen LogP) is 2.72. The fourth-order valence-electron chi connectivity index (χ4n) is 1.92. The topological polar surface area (TPSA) is 44.4 Å². The second-order valence-electron chi connectivity index (χ2n) is 5.75. The molecular formula is C16H27N3O. The second-order valence-corrected chi connectivity index (χ2v) is 5.75. The number of carbonyl (C=O) groups excluding carboxylic acids is 1. The maximum absolute atomic E-state index is 12.0. The molecule has 4 nitrogen and oxygen atoms in total. The van der Waals surface area contributed by atoms with Gasteiger partial charge in [0.05, 0.1) is 11.4 Å². The van der Waals surface area contributed by atoms with E-state index in [0.717, 1.165) is 24.3 Å². The van der Waals surface area contributed by atoms with Gasteiger partial charge in [-0.25, -0.2) is 0 Å². The number of nitrogens with zero attached hydrogens (tertiary/aromatic N) is 1. The molecule has 112 valence electrons. The Morgan fingerprint density at radius 1 is 1.20 bits per heavy atom. The molecule has 0 saturated carbocycles. The molecule has 0 spiro atoms. The van der Waals surface area contributed by atoms with Crippen molar-refractivity contribution in [1.82, 2.24) is 5.32 Å². The van der Waals surface area contributed by atoms with Crippen molar-refractivity contribution >= 4 is 17.3 Å². The molecular weight excluding hydrogens is 250 g/mol. The quantitative estimate of drug-likeness (QED) is 0.805. The minimum absolute atomic E-state index is 0.0409. The minimum atomic E-state index is -0.247. The first-order chi connectivity index (χ1) is 9.41. The molecule has 4 heteroatoms. The number of para-hydroxylation sites is 2. The fourth-order valence-corrected chi connectivity index (χ4v) is 1.92. The van der Waals surface area contributed by atoms with Crippen molar-refractivity contribution in [3.63, 3.8) is 0 Å². The number of anilines is 2. The Hall–Kier alpha value is -1.71. The van der Waals surface area contributed by atoms with E-state index in [1.807, 2.05) is 50.2 Å². The SMILES string of the molecule is CC(C)CCNC(=O)C(C)Nc1ccccc1N(C)C. The van der Waals surface area contributed by atoms with E-state index in [1.54, 1.807) is 0 Å². The zero-order valence-electron chi connectivity index (χ0n) is 13.2.